The minimum Gasteiger partial charge on any atom is -0.492 e. The lowest BCUT2D eigenvalue weighted by Crippen LogP contribution is -2.36. The third-order valence-electron chi connectivity index (χ3n) is 5.07. The Balaban J connectivity index is 1.73. The second-order valence-electron chi connectivity index (χ2n) is 7.07. The van der Waals surface area contributed by atoms with E-state index in [1.54, 1.807) is 6.07 Å². The number of anilines is 2. The lowest BCUT2D eigenvalue weighted by Gasteiger charge is -2.31. The molecule has 29 heavy (non-hydrogen) atoms. The highest BCUT2D eigenvalue weighted by Gasteiger charge is 2.27. The van der Waals surface area contributed by atoms with Crippen LogP contribution in [0.5, 0.6) is 11.5 Å². The van der Waals surface area contributed by atoms with Crippen molar-refractivity contribution >= 4 is 23.3 Å². The van der Waals surface area contributed by atoms with Gasteiger partial charge in [-0.2, -0.15) is 0 Å². The highest BCUT2D eigenvalue weighted by molar-refractivity contribution is 5.95. The van der Waals surface area contributed by atoms with Crippen molar-refractivity contribution in [3.05, 3.63) is 12.1 Å². The summed E-state index contributed by atoms with van der Waals surface area (Å²) in [6.07, 6.45) is 2.73. The molecule has 8 nitrogen and oxygen atoms in total. The van der Waals surface area contributed by atoms with Gasteiger partial charge < -0.3 is 29.2 Å². The van der Waals surface area contributed by atoms with Crippen molar-refractivity contribution in [2.75, 3.05) is 56.3 Å². The molecule has 0 atom stereocenters. The zero-order valence-corrected chi connectivity index (χ0v) is 17.2. The maximum absolute atomic E-state index is 12.3. The number of carbonyl (C=O) groups is 2. The van der Waals surface area contributed by atoms with E-state index < -0.39 is 5.91 Å². The Labute approximate surface area is 171 Å². The van der Waals surface area contributed by atoms with E-state index in [4.69, 9.17) is 18.9 Å². The van der Waals surface area contributed by atoms with Crippen LogP contribution in [0.25, 0.3) is 0 Å². The van der Waals surface area contributed by atoms with Crippen LogP contribution >= 0.6 is 0 Å². The average Bonchev–Trinajstić information content (AvgIpc) is 2.68. The number of ether oxygens (including phenoxy) is 4. The molecule has 1 saturated heterocycles. The van der Waals surface area contributed by atoms with Crippen LogP contribution in [0, 0.1) is 5.92 Å². The largest absolute Gasteiger partial charge is 0.492 e. The summed E-state index contributed by atoms with van der Waals surface area (Å²) in [5.74, 6) is 0.462. The number of esters is 1. The lowest BCUT2D eigenvalue weighted by atomic mass is 9.86. The number of carbonyl (C=O) groups excluding carboxylic acids is 2. The third kappa shape index (κ3) is 5.53. The maximum atomic E-state index is 12.3. The van der Waals surface area contributed by atoms with E-state index in [0.717, 1.165) is 38.0 Å². The van der Waals surface area contributed by atoms with Gasteiger partial charge in [0.2, 0.25) is 0 Å². The Morgan fingerprint density at radius 2 is 1.79 bits per heavy atom. The fraction of sp³-hybridized carbons (Fsp3) is 0.619. The number of morpholine rings is 1. The summed E-state index contributed by atoms with van der Waals surface area (Å²) in [6, 6.07) is 3.65. The van der Waals surface area contributed by atoms with Gasteiger partial charge in [0.05, 0.1) is 43.7 Å². The quantitative estimate of drug-likeness (QED) is 0.631. The first kappa shape index (κ1) is 21.2. The summed E-state index contributed by atoms with van der Waals surface area (Å²) in [4.78, 5) is 26.4. The first-order valence-electron chi connectivity index (χ1n) is 10.3. The Morgan fingerprint density at radius 3 is 2.41 bits per heavy atom. The Hall–Kier alpha value is -2.48. The molecule has 3 rings (SSSR count). The topological polar surface area (TPSA) is 86.3 Å². The number of hydrogen-bond acceptors (Lipinski definition) is 7. The number of amides is 1. The standard InChI is InChI=1S/C21H30N2O6/c1-3-27-18-13-17(23-8-10-26-11-9-23)19(28-4-2)12-16(18)22-20(24)14-29-21(25)15-6-5-7-15/h12-13,15H,3-11,14H2,1-2H3,(H,22,24). The zero-order valence-electron chi connectivity index (χ0n) is 17.2. The molecule has 1 aromatic rings. The van der Waals surface area contributed by atoms with Crippen LogP contribution in [0.3, 0.4) is 0 Å². The molecule has 0 bridgehead atoms. The molecule has 0 spiro atoms. The molecule has 0 radical (unpaired) electrons. The molecule has 160 valence electrons. The summed E-state index contributed by atoms with van der Waals surface area (Å²) in [5.41, 5.74) is 1.41. The van der Waals surface area contributed by atoms with Crippen LogP contribution in [0.2, 0.25) is 0 Å². The zero-order chi connectivity index (χ0) is 20.6. The smallest absolute Gasteiger partial charge is 0.309 e. The van der Waals surface area contributed by atoms with Crippen molar-refractivity contribution in [3.8, 4) is 11.5 Å². The van der Waals surface area contributed by atoms with Crippen LogP contribution < -0.4 is 19.7 Å². The Bertz CT molecular complexity index is 713. The molecular formula is C21H30N2O6. The van der Waals surface area contributed by atoms with E-state index in [1.165, 1.54) is 0 Å². The van der Waals surface area contributed by atoms with Gasteiger partial charge in [0.15, 0.2) is 6.61 Å². The summed E-state index contributed by atoms with van der Waals surface area (Å²) >= 11 is 0. The molecule has 1 heterocycles. The van der Waals surface area contributed by atoms with Gasteiger partial charge in [-0.1, -0.05) is 6.42 Å². The minimum atomic E-state index is -0.403. The van der Waals surface area contributed by atoms with Crippen molar-refractivity contribution < 1.29 is 28.5 Å². The van der Waals surface area contributed by atoms with E-state index in [-0.39, 0.29) is 18.5 Å². The van der Waals surface area contributed by atoms with Gasteiger partial charge in [-0.05, 0) is 26.7 Å². The summed E-state index contributed by atoms with van der Waals surface area (Å²) in [5, 5.41) is 2.79. The predicted molar refractivity (Wildman–Crippen MR) is 109 cm³/mol. The monoisotopic (exact) mass is 406 g/mol. The molecule has 0 unspecified atom stereocenters. The number of nitrogens with zero attached hydrogens (tertiary/aromatic N) is 1. The van der Waals surface area contributed by atoms with Gasteiger partial charge in [0.25, 0.3) is 5.91 Å². The lowest BCUT2D eigenvalue weighted by molar-refractivity contribution is -0.154. The van der Waals surface area contributed by atoms with Crippen molar-refractivity contribution in [2.45, 2.75) is 33.1 Å². The minimum absolute atomic E-state index is 0.0563. The van der Waals surface area contributed by atoms with Gasteiger partial charge in [-0.3, -0.25) is 9.59 Å². The molecule has 1 aliphatic carbocycles. The molecule has 1 aromatic carbocycles. The average molecular weight is 406 g/mol. The molecule has 1 saturated carbocycles. The van der Waals surface area contributed by atoms with Gasteiger partial charge in [-0.15, -0.1) is 0 Å². The summed E-state index contributed by atoms with van der Waals surface area (Å²) < 4.78 is 22.1. The van der Waals surface area contributed by atoms with Gasteiger partial charge in [0, 0.05) is 25.2 Å². The van der Waals surface area contributed by atoms with E-state index in [9.17, 15) is 9.59 Å². The van der Waals surface area contributed by atoms with E-state index in [0.29, 0.717) is 43.6 Å². The van der Waals surface area contributed by atoms with Crippen LogP contribution in [-0.4, -0.2) is 58.0 Å². The first-order valence-corrected chi connectivity index (χ1v) is 10.3. The Morgan fingerprint density at radius 1 is 1.10 bits per heavy atom. The molecule has 2 aliphatic rings. The van der Waals surface area contributed by atoms with Crippen LogP contribution in [-0.2, 0) is 19.1 Å². The van der Waals surface area contributed by atoms with Crippen LogP contribution in [0.15, 0.2) is 12.1 Å². The molecular weight excluding hydrogens is 376 g/mol. The van der Waals surface area contributed by atoms with Crippen molar-refractivity contribution in [1.29, 1.82) is 0 Å². The molecule has 0 aromatic heterocycles. The first-order chi connectivity index (χ1) is 14.1. The summed E-state index contributed by atoms with van der Waals surface area (Å²) in [7, 11) is 0. The van der Waals surface area contributed by atoms with Gasteiger partial charge in [-0.25, -0.2) is 0 Å². The van der Waals surface area contributed by atoms with E-state index in [2.05, 4.69) is 10.2 Å². The fourth-order valence-corrected chi connectivity index (χ4v) is 3.33. The van der Waals surface area contributed by atoms with Gasteiger partial charge >= 0.3 is 5.97 Å². The van der Waals surface area contributed by atoms with Crippen LogP contribution in [0.1, 0.15) is 33.1 Å². The van der Waals surface area contributed by atoms with Crippen molar-refractivity contribution in [2.24, 2.45) is 5.92 Å². The molecule has 1 amide bonds. The van der Waals surface area contributed by atoms with E-state index >= 15 is 0 Å². The van der Waals surface area contributed by atoms with Crippen molar-refractivity contribution in [1.82, 2.24) is 0 Å². The van der Waals surface area contributed by atoms with E-state index in [1.807, 2.05) is 19.9 Å². The highest BCUT2D eigenvalue weighted by Crippen LogP contribution is 2.39. The second kappa shape index (κ2) is 10.3. The number of nitrogens with one attached hydrogen (secondary N) is 1. The normalized spacial score (nSPS) is 16.7. The maximum Gasteiger partial charge on any atom is 0.309 e. The Kier molecular flexibility index (Phi) is 7.57. The predicted octanol–water partition coefficient (Wildman–Crippen LogP) is 2.60. The third-order valence-corrected chi connectivity index (χ3v) is 5.07. The molecule has 2 fully saturated rings. The number of benzene rings is 1. The molecule has 8 heteroatoms. The highest BCUT2D eigenvalue weighted by atomic mass is 16.5. The van der Waals surface area contributed by atoms with Crippen molar-refractivity contribution in [3.63, 3.8) is 0 Å². The molecule has 1 N–H and O–H groups in total. The SMILES string of the molecule is CCOc1cc(N2CCOCC2)c(OCC)cc1NC(=O)COC(=O)C1CCC1. The number of rotatable bonds is 9. The summed E-state index contributed by atoms with van der Waals surface area (Å²) in [6.45, 7) is 7.27. The second-order valence-corrected chi connectivity index (χ2v) is 7.07. The van der Waals surface area contributed by atoms with Crippen LogP contribution in [0.4, 0.5) is 11.4 Å². The number of hydrogen-bond donors (Lipinski definition) is 1. The fourth-order valence-electron chi connectivity index (χ4n) is 3.33. The van der Waals surface area contributed by atoms with Gasteiger partial charge in [0.1, 0.15) is 11.5 Å². The molecule has 1 aliphatic heterocycles.